The van der Waals surface area contributed by atoms with Crippen molar-refractivity contribution in [1.82, 2.24) is 0 Å². The molecule has 2 aliphatic rings. The van der Waals surface area contributed by atoms with E-state index in [2.05, 4.69) is 6.92 Å². The average molecular weight is 299 g/mol. The molecule has 0 aliphatic heterocycles. The van der Waals surface area contributed by atoms with Crippen molar-refractivity contribution < 1.29 is 18.3 Å². The standard InChI is InChI=1S/C16H23F2NO2/c1-2-10-3-5-11(6-4-10)16(20)21-12-7-14(17)13(9-19)15(18)8-12/h10-15H,2-8H2,1H3. The number of hydrogen-bond donors (Lipinski definition) is 0. The number of halogens is 2. The number of rotatable bonds is 3. The van der Waals surface area contributed by atoms with Gasteiger partial charge < -0.3 is 4.74 Å². The molecule has 0 aromatic rings. The molecular formula is C16H23F2NO2. The number of carbonyl (C=O) groups is 1. The molecule has 2 unspecified atom stereocenters. The smallest absolute Gasteiger partial charge is 0.309 e. The van der Waals surface area contributed by atoms with Gasteiger partial charge in [0.05, 0.1) is 12.0 Å². The van der Waals surface area contributed by atoms with E-state index in [-0.39, 0.29) is 24.7 Å². The number of alkyl halides is 2. The van der Waals surface area contributed by atoms with Crippen LogP contribution in [-0.2, 0) is 9.53 Å². The third kappa shape index (κ3) is 3.93. The monoisotopic (exact) mass is 299 g/mol. The maximum atomic E-state index is 13.7. The van der Waals surface area contributed by atoms with Crippen molar-refractivity contribution in [2.75, 3.05) is 0 Å². The Hall–Kier alpha value is -1.18. The number of ether oxygens (including phenoxy) is 1. The summed E-state index contributed by atoms with van der Waals surface area (Å²) in [6, 6.07) is 1.66. The van der Waals surface area contributed by atoms with Crippen LogP contribution in [-0.4, -0.2) is 24.4 Å². The van der Waals surface area contributed by atoms with E-state index in [0.717, 1.165) is 32.1 Å². The molecule has 21 heavy (non-hydrogen) atoms. The minimum atomic E-state index is -1.55. The Morgan fingerprint density at radius 1 is 1.19 bits per heavy atom. The molecule has 0 spiro atoms. The molecule has 0 N–H and O–H groups in total. The predicted octanol–water partition coefficient (Wildman–Crippen LogP) is 3.72. The third-order valence-electron chi connectivity index (χ3n) is 4.94. The van der Waals surface area contributed by atoms with E-state index in [1.54, 1.807) is 6.07 Å². The zero-order valence-corrected chi connectivity index (χ0v) is 12.4. The van der Waals surface area contributed by atoms with E-state index in [1.165, 1.54) is 0 Å². The summed E-state index contributed by atoms with van der Waals surface area (Å²) in [4.78, 5) is 12.1. The summed E-state index contributed by atoms with van der Waals surface area (Å²) in [6.45, 7) is 2.15. The molecule has 0 heterocycles. The van der Waals surface area contributed by atoms with Gasteiger partial charge in [-0.15, -0.1) is 0 Å². The summed E-state index contributed by atoms with van der Waals surface area (Å²) in [5.41, 5.74) is 0. The van der Waals surface area contributed by atoms with Crippen LogP contribution in [0, 0.1) is 29.1 Å². The van der Waals surface area contributed by atoms with Crippen LogP contribution in [0.25, 0.3) is 0 Å². The molecule has 0 saturated heterocycles. The van der Waals surface area contributed by atoms with Crippen LogP contribution in [0.5, 0.6) is 0 Å². The molecular weight excluding hydrogens is 276 g/mol. The molecule has 0 aromatic heterocycles. The fourth-order valence-electron chi connectivity index (χ4n) is 3.44. The largest absolute Gasteiger partial charge is 0.462 e. The van der Waals surface area contributed by atoms with Gasteiger partial charge in [0.25, 0.3) is 0 Å². The second-order valence-electron chi connectivity index (χ2n) is 6.34. The van der Waals surface area contributed by atoms with Gasteiger partial charge >= 0.3 is 5.97 Å². The lowest BCUT2D eigenvalue weighted by molar-refractivity contribution is -0.160. The van der Waals surface area contributed by atoms with Crippen LogP contribution in [0.1, 0.15) is 51.9 Å². The molecule has 0 bridgehead atoms. The van der Waals surface area contributed by atoms with Gasteiger partial charge in [-0.05, 0) is 31.6 Å². The Balaban J connectivity index is 1.82. The summed E-state index contributed by atoms with van der Waals surface area (Å²) in [5, 5.41) is 8.71. The van der Waals surface area contributed by atoms with Gasteiger partial charge in [0, 0.05) is 12.8 Å². The molecule has 0 radical (unpaired) electrons. The van der Waals surface area contributed by atoms with Crippen LogP contribution in [0.15, 0.2) is 0 Å². The van der Waals surface area contributed by atoms with E-state index in [1.807, 2.05) is 0 Å². The highest BCUT2D eigenvalue weighted by atomic mass is 19.1. The van der Waals surface area contributed by atoms with Gasteiger partial charge in [0.2, 0.25) is 0 Å². The quantitative estimate of drug-likeness (QED) is 0.746. The van der Waals surface area contributed by atoms with Gasteiger partial charge in [0.1, 0.15) is 24.4 Å². The number of hydrogen-bond acceptors (Lipinski definition) is 3. The molecule has 2 saturated carbocycles. The summed E-state index contributed by atoms with van der Waals surface area (Å²) in [7, 11) is 0. The van der Waals surface area contributed by atoms with E-state index in [4.69, 9.17) is 10.00 Å². The van der Waals surface area contributed by atoms with E-state index < -0.39 is 24.4 Å². The average Bonchev–Trinajstić information content (AvgIpc) is 2.47. The Labute approximate surface area is 124 Å². The maximum Gasteiger partial charge on any atom is 0.309 e. The number of esters is 1. The number of nitrogens with zero attached hydrogens (tertiary/aromatic N) is 1. The second kappa shape index (κ2) is 7.20. The van der Waals surface area contributed by atoms with Gasteiger partial charge in [-0.1, -0.05) is 13.3 Å². The molecule has 2 fully saturated rings. The highest BCUT2D eigenvalue weighted by Gasteiger charge is 2.41. The third-order valence-corrected chi connectivity index (χ3v) is 4.94. The van der Waals surface area contributed by atoms with Crippen molar-refractivity contribution in [3.63, 3.8) is 0 Å². The van der Waals surface area contributed by atoms with E-state index >= 15 is 0 Å². The second-order valence-corrected chi connectivity index (χ2v) is 6.34. The van der Waals surface area contributed by atoms with Crippen LogP contribution in [0.4, 0.5) is 8.78 Å². The van der Waals surface area contributed by atoms with Crippen molar-refractivity contribution in [2.45, 2.75) is 70.3 Å². The van der Waals surface area contributed by atoms with E-state index in [0.29, 0.717) is 5.92 Å². The minimum absolute atomic E-state index is 0.0608. The first-order valence-corrected chi connectivity index (χ1v) is 7.93. The van der Waals surface area contributed by atoms with Crippen LogP contribution < -0.4 is 0 Å². The van der Waals surface area contributed by atoms with Gasteiger partial charge in [-0.25, -0.2) is 8.78 Å². The van der Waals surface area contributed by atoms with Crippen molar-refractivity contribution in [3.05, 3.63) is 0 Å². The Morgan fingerprint density at radius 3 is 2.24 bits per heavy atom. The van der Waals surface area contributed by atoms with Gasteiger partial charge in [-0.2, -0.15) is 5.26 Å². The first-order valence-electron chi connectivity index (χ1n) is 7.93. The first-order chi connectivity index (χ1) is 10.0. The van der Waals surface area contributed by atoms with Crippen LogP contribution in [0.2, 0.25) is 0 Å². The minimum Gasteiger partial charge on any atom is -0.462 e. The summed E-state index contributed by atoms with van der Waals surface area (Å²) in [6.07, 6.45) is 0.849. The fourth-order valence-corrected chi connectivity index (χ4v) is 3.44. The van der Waals surface area contributed by atoms with Crippen molar-refractivity contribution >= 4 is 5.97 Å². The molecule has 0 aromatic carbocycles. The Kier molecular flexibility index (Phi) is 5.55. The van der Waals surface area contributed by atoms with Gasteiger partial charge in [-0.3, -0.25) is 4.79 Å². The lowest BCUT2D eigenvalue weighted by Gasteiger charge is -2.32. The molecule has 2 atom stereocenters. The SMILES string of the molecule is CCC1CCC(C(=O)OC2CC(F)C(C#N)C(F)C2)CC1. The lowest BCUT2D eigenvalue weighted by Crippen LogP contribution is -2.40. The maximum absolute atomic E-state index is 13.7. The zero-order chi connectivity index (χ0) is 15.4. The summed E-state index contributed by atoms with van der Waals surface area (Å²) >= 11 is 0. The predicted molar refractivity (Wildman–Crippen MR) is 73.7 cm³/mol. The van der Waals surface area contributed by atoms with E-state index in [9.17, 15) is 13.6 Å². The fraction of sp³-hybridized carbons (Fsp3) is 0.875. The summed E-state index contributed by atoms with van der Waals surface area (Å²) in [5.74, 6) is -0.979. The molecule has 3 nitrogen and oxygen atoms in total. The first kappa shape index (κ1) is 16.2. The van der Waals surface area contributed by atoms with Gasteiger partial charge in [0.15, 0.2) is 0 Å². The Bertz CT molecular complexity index is 390. The highest BCUT2D eigenvalue weighted by Crippen LogP contribution is 2.34. The molecule has 118 valence electrons. The number of nitriles is 1. The number of carbonyl (C=O) groups excluding carboxylic acids is 1. The molecule has 2 aliphatic carbocycles. The van der Waals surface area contributed by atoms with Crippen molar-refractivity contribution in [2.24, 2.45) is 17.8 Å². The van der Waals surface area contributed by atoms with Crippen LogP contribution in [0.3, 0.4) is 0 Å². The summed E-state index contributed by atoms with van der Waals surface area (Å²) < 4.78 is 32.7. The molecule has 5 heteroatoms. The van der Waals surface area contributed by atoms with Crippen LogP contribution >= 0.6 is 0 Å². The van der Waals surface area contributed by atoms with Crippen molar-refractivity contribution in [3.8, 4) is 6.07 Å². The molecule has 0 amide bonds. The molecule has 2 rings (SSSR count). The Morgan fingerprint density at radius 2 is 1.76 bits per heavy atom. The normalized spacial score (nSPS) is 40.3. The lowest BCUT2D eigenvalue weighted by atomic mass is 9.80. The topological polar surface area (TPSA) is 50.1 Å². The highest BCUT2D eigenvalue weighted by molar-refractivity contribution is 5.72. The zero-order valence-electron chi connectivity index (χ0n) is 12.4. The van der Waals surface area contributed by atoms with Crippen molar-refractivity contribution in [1.29, 1.82) is 5.26 Å².